The highest BCUT2D eigenvalue weighted by Gasteiger charge is 2.16. The quantitative estimate of drug-likeness (QED) is 0.825. The number of rotatable bonds is 4. The van der Waals surface area contributed by atoms with E-state index in [1.807, 2.05) is 42.9 Å². The van der Waals surface area contributed by atoms with Crippen LogP contribution in [0.2, 0.25) is 0 Å². The van der Waals surface area contributed by atoms with Crippen LogP contribution in [0, 0.1) is 11.3 Å². The van der Waals surface area contributed by atoms with Crippen LogP contribution in [0.25, 0.3) is 10.9 Å². The molecule has 94 valence electrons. The van der Waals surface area contributed by atoms with Crippen molar-refractivity contribution >= 4 is 10.9 Å². The molecule has 4 nitrogen and oxygen atoms in total. The summed E-state index contributed by atoms with van der Waals surface area (Å²) in [6.07, 6.45) is 0. The second-order valence-corrected chi connectivity index (χ2v) is 4.47. The van der Waals surface area contributed by atoms with Crippen molar-refractivity contribution in [1.82, 2.24) is 9.47 Å². The van der Waals surface area contributed by atoms with Gasteiger partial charge in [0.2, 0.25) is 0 Å². The van der Waals surface area contributed by atoms with Crippen molar-refractivity contribution < 1.29 is 4.74 Å². The van der Waals surface area contributed by atoms with E-state index in [2.05, 4.69) is 11.0 Å². The van der Waals surface area contributed by atoms with Gasteiger partial charge in [0.15, 0.2) is 11.4 Å². The van der Waals surface area contributed by atoms with Crippen molar-refractivity contribution in [1.29, 1.82) is 5.26 Å². The monoisotopic (exact) mass is 243 g/mol. The predicted molar refractivity (Wildman–Crippen MR) is 71.8 cm³/mol. The number of benzene rings is 1. The van der Waals surface area contributed by atoms with Gasteiger partial charge in [0, 0.05) is 18.5 Å². The number of aromatic nitrogens is 1. The molecule has 0 bridgehead atoms. The molecular weight excluding hydrogens is 226 g/mol. The molecule has 0 saturated carbocycles. The van der Waals surface area contributed by atoms with Crippen molar-refractivity contribution in [2.75, 3.05) is 27.7 Å². The fraction of sp³-hybridized carbons (Fsp3) is 0.357. The molecule has 0 radical (unpaired) electrons. The van der Waals surface area contributed by atoms with E-state index >= 15 is 0 Å². The SMILES string of the molecule is COc1c(C#N)n(CCN(C)C)c2ccccc12. The van der Waals surface area contributed by atoms with E-state index in [0.29, 0.717) is 11.4 Å². The first-order valence-electron chi connectivity index (χ1n) is 5.89. The Morgan fingerprint density at radius 2 is 2.06 bits per heavy atom. The summed E-state index contributed by atoms with van der Waals surface area (Å²) in [5, 5.41) is 10.3. The van der Waals surface area contributed by atoms with Crippen LogP contribution in [0.1, 0.15) is 5.69 Å². The number of fused-ring (bicyclic) bond motifs is 1. The number of likely N-dealkylation sites (N-methyl/N-ethyl adjacent to an activating group) is 1. The minimum atomic E-state index is 0.598. The van der Waals surface area contributed by atoms with E-state index < -0.39 is 0 Å². The molecule has 0 amide bonds. The minimum absolute atomic E-state index is 0.598. The standard InChI is InChI=1S/C14H17N3O/c1-16(2)8-9-17-12-7-5-4-6-11(12)14(18-3)13(17)10-15/h4-7H,8-9H2,1-3H3. The Balaban J connectivity index is 2.59. The zero-order valence-corrected chi connectivity index (χ0v) is 11.0. The molecule has 0 unspecified atom stereocenters. The van der Waals surface area contributed by atoms with Gasteiger partial charge in [0.25, 0.3) is 0 Å². The lowest BCUT2D eigenvalue weighted by atomic mass is 10.2. The summed E-state index contributed by atoms with van der Waals surface area (Å²) < 4.78 is 7.40. The zero-order valence-electron chi connectivity index (χ0n) is 11.0. The second kappa shape index (κ2) is 5.11. The first-order chi connectivity index (χ1) is 8.69. The number of nitrogens with zero attached hydrogens (tertiary/aromatic N) is 3. The summed E-state index contributed by atoms with van der Waals surface area (Å²) in [7, 11) is 5.66. The minimum Gasteiger partial charge on any atom is -0.493 e. The number of ether oxygens (including phenoxy) is 1. The van der Waals surface area contributed by atoms with Crippen LogP contribution in [0.5, 0.6) is 5.75 Å². The first kappa shape index (κ1) is 12.5. The van der Waals surface area contributed by atoms with Gasteiger partial charge in [-0.1, -0.05) is 12.1 Å². The molecule has 0 N–H and O–H groups in total. The van der Waals surface area contributed by atoms with Gasteiger partial charge in [-0.2, -0.15) is 5.26 Å². The summed E-state index contributed by atoms with van der Waals surface area (Å²) in [5.74, 6) is 0.673. The van der Waals surface area contributed by atoms with Crippen LogP contribution >= 0.6 is 0 Å². The molecule has 2 aromatic rings. The number of hydrogen-bond donors (Lipinski definition) is 0. The van der Waals surface area contributed by atoms with Crippen molar-refractivity contribution in [3.63, 3.8) is 0 Å². The van der Waals surface area contributed by atoms with E-state index in [-0.39, 0.29) is 0 Å². The van der Waals surface area contributed by atoms with Gasteiger partial charge in [-0.05, 0) is 26.2 Å². The average Bonchev–Trinajstić information content (AvgIpc) is 2.69. The molecule has 4 heteroatoms. The van der Waals surface area contributed by atoms with Gasteiger partial charge in [0.1, 0.15) is 6.07 Å². The lowest BCUT2D eigenvalue weighted by Crippen LogP contribution is -2.19. The van der Waals surface area contributed by atoms with Crippen LogP contribution in [-0.2, 0) is 6.54 Å². The summed E-state index contributed by atoms with van der Waals surface area (Å²) in [4.78, 5) is 2.10. The van der Waals surface area contributed by atoms with E-state index in [1.54, 1.807) is 7.11 Å². The van der Waals surface area contributed by atoms with Gasteiger partial charge < -0.3 is 14.2 Å². The lowest BCUT2D eigenvalue weighted by molar-refractivity contribution is 0.382. The highest BCUT2D eigenvalue weighted by Crippen LogP contribution is 2.32. The Hall–Kier alpha value is -1.99. The maximum atomic E-state index is 9.33. The van der Waals surface area contributed by atoms with Crippen molar-refractivity contribution in [3.05, 3.63) is 30.0 Å². The molecule has 18 heavy (non-hydrogen) atoms. The van der Waals surface area contributed by atoms with Crippen LogP contribution in [-0.4, -0.2) is 37.2 Å². The number of nitriles is 1. The van der Waals surface area contributed by atoms with Crippen molar-refractivity contribution in [2.24, 2.45) is 0 Å². The molecule has 0 aliphatic carbocycles. The zero-order chi connectivity index (χ0) is 13.1. The van der Waals surface area contributed by atoms with E-state index in [1.165, 1.54) is 0 Å². The van der Waals surface area contributed by atoms with E-state index in [0.717, 1.165) is 24.0 Å². The van der Waals surface area contributed by atoms with Gasteiger partial charge in [-0.25, -0.2) is 0 Å². The Kier molecular flexibility index (Phi) is 3.54. The summed E-state index contributed by atoms with van der Waals surface area (Å²) >= 11 is 0. The van der Waals surface area contributed by atoms with E-state index in [4.69, 9.17) is 4.74 Å². The topological polar surface area (TPSA) is 41.2 Å². The third kappa shape index (κ3) is 2.05. The Bertz CT molecular complexity index is 593. The summed E-state index contributed by atoms with van der Waals surface area (Å²) in [5.41, 5.74) is 1.65. The molecule has 0 fully saturated rings. The fourth-order valence-corrected chi connectivity index (χ4v) is 2.12. The van der Waals surface area contributed by atoms with Crippen molar-refractivity contribution in [3.8, 4) is 11.8 Å². The molecule has 0 atom stereocenters. The van der Waals surface area contributed by atoms with Crippen LogP contribution in [0.4, 0.5) is 0 Å². The van der Waals surface area contributed by atoms with Gasteiger partial charge >= 0.3 is 0 Å². The molecule has 0 spiro atoms. The second-order valence-electron chi connectivity index (χ2n) is 4.47. The Labute approximate surface area is 107 Å². The highest BCUT2D eigenvalue weighted by molar-refractivity contribution is 5.89. The molecule has 1 aromatic heterocycles. The van der Waals surface area contributed by atoms with Gasteiger partial charge in [0.05, 0.1) is 12.6 Å². The number of hydrogen-bond acceptors (Lipinski definition) is 3. The maximum Gasteiger partial charge on any atom is 0.163 e. The van der Waals surface area contributed by atoms with Crippen LogP contribution < -0.4 is 4.74 Å². The summed E-state index contributed by atoms with van der Waals surface area (Å²) in [6.45, 7) is 1.66. The predicted octanol–water partition coefficient (Wildman–Crippen LogP) is 2.08. The van der Waals surface area contributed by atoms with Crippen LogP contribution in [0.3, 0.4) is 0 Å². The van der Waals surface area contributed by atoms with Gasteiger partial charge in [-0.3, -0.25) is 0 Å². The molecule has 2 rings (SSSR count). The molecule has 0 saturated heterocycles. The highest BCUT2D eigenvalue weighted by atomic mass is 16.5. The Morgan fingerprint density at radius 3 is 2.67 bits per heavy atom. The molecule has 1 aromatic carbocycles. The smallest absolute Gasteiger partial charge is 0.163 e. The molecule has 1 heterocycles. The first-order valence-corrected chi connectivity index (χ1v) is 5.89. The normalized spacial score (nSPS) is 10.8. The maximum absolute atomic E-state index is 9.33. The molecular formula is C14H17N3O. The number of para-hydroxylation sites is 1. The van der Waals surface area contributed by atoms with E-state index in [9.17, 15) is 5.26 Å². The third-order valence-corrected chi connectivity index (χ3v) is 3.01. The van der Waals surface area contributed by atoms with Crippen LogP contribution in [0.15, 0.2) is 24.3 Å². The average molecular weight is 243 g/mol. The Morgan fingerprint density at radius 1 is 1.33 bits per heavy atom. The molecule has 0 aliphatic rings. The number of methoxy groups -OCH3 is 1. The summed E-state index contributed by atoms with van der Waals surface area (Å²) in [6, 6.07) is 10.2. The third-order valence-electron chi connectivity index (χ3n) is 3.01. The van der Waals surface area contributed by atoms with Crippen molar-refractivity contribution in [2.45, 2.75) is 6.54 Å². The lowest BCUT2D eigenvalue weighted by Gasteiger charge is -2.12. The largest absolute Gasteiger partial charge is 0.493 e. The molecule has 0 aliphatic heterocycles. The fourth-order valence-electron chi connectivity index (χ4n) is 2.12. The van der Waals surface area contributed by atoms with Gasteiger partial charge in [-0.15, -0.1) is 0 Å².